The van der Waals surface area contributed by atoms with Gasteiger partial charge in [0.05, 0.1) is 0 Å². The number of hydrogen-bond donors (Lipinski definition) is 2. The van der Waals surface area contributed by atoms with Gasteiger partial charge in [0.1, 0.15) is 0 Å². The van der Waals surface area contributed by atoms with Crippen molar-refractivity contribution in [2.75, 3.05) is 6.54 Å². The second-order valence-electron chi connectivity index (χ2n) is 5.34. The summed E-state index contributed by atoms with van der Waals surface area (Å²) in [5, 5.41) is 18.2. The van der Waals surface area contributed by atoms with Crippen LogP contribution in [0.15, 0.2) is 48.5 Å². The minimum atomic E-state index is -1.38. The van der Waals surface area contributed by atoms with E-state index in [9.17, 15) is 0 Å². The van der Waals surface area contributed by atoms with Crippen LogP contribution >= 0.6 is 0 Å². The largest absolute Gasteiger partial charge is 0.488 e. The zero-order chi connectivity index (χ0) is 13.9. The molecule has 1 heterocycles. The zero-order valence-electron chi connectivity index (χ0n) is 11.4. The molecule has 2 N–H and O–H groups in total. The fourth-order valence-electron chi connectivity index (χ4n) is 2.74. The number of hydrogen-bond acceptors (Lipinski definition) is 3. The Morgan fingerprint density at radius 3 is 2.35 bits per heavy atom. The molecule has 0 amide bonds. The first-order valence-corrected chi connectivity index (χ1v) is 6.96. The topological polar surface area (TPSA) is 43.7 Å². The van der Waals surface area contributed by atoms with Gasteiger partial charge in [-0.05, 0) is 28.6 Å². The summed E-state index contributed by atoms with van der Waals surface area (Å²) in [5.41, 5.74) is 4.62. The van der Waals surface area contributed by atoms with E-state index in [2.05, 4.69) is 29.2 Å². The van der Waals surface area contributed by atoms with Gasteiger partial charge in [-0.1, -0.05) is 48.5 Å². The third kappa shape index (κ3) is 2.93. The SMILES string of the molecule is OB(O)c1ccc(CN2CCc3ccccc3C2)cc1. The van der Waals surface area contributed by atoms with E-state index in [0.29, 0.717) is 5.46 Å². The molecule has 20 heavy (non-hydrogen) atoms. The summed E-state index contributed by atoms with van der Waals surface area (Å²) >= 11 is 0. The van der Waals surface area contributed by atoms with E-state index in [1.54, 1.807) is 12.1 Å². The van der Waals surface area contributed by atoms with Gasteiger partial charge in [0, 0.05) is 19.6 Å². The predicted molar refractivity (Wildman–Crippen MR) is 80.5 cm³/mol. The van der Waals surface area contributed by atoms with E-state index in [1.807, 2.05) is 12.1 Å². The fraction of sp³-hybridized carbons (Fsp3) is 0.250. The van der Waals surface area contributed by atoms with Gasteiger partial charge in [-0.15, -0.1) is 0 Å². The molecule has 3 rings (SSSR count). The molecule has 0 radical (unpaired) electrons. The van der Waals surface area contributed by atoms with Crippen molar-refractivity contribution in [1.82, 2.24) is 4.90 Å². The van der Waals surface area contributed by atoms with Gasteiger partial charge in [0.15, 0.2) is 0 Å². The Morgan fingerprint density at radius 2 is 1.65 bits per heavy atom. The van der Waals surface area contributed by atoms with Crippen LogP contribution in [-0.4, -0.2) is 28.6 Å². The molecule has 0 spiro atoms. The molecule has 4 heteroatoms. The summed E-state index contributed by atoms with van der Waals surface area (Å²) in [6, 6.07) is 16.1. The lowest BCUT2D eigenvalue weighted by Gasteiger charge is -2.28. The number of fused-ring (bicyclic) bond motifs is 1. The number of rotatable bonds is 3. The molecule has 1 aliphatic heterocycles. The molecular weight excluding hydrogens is 249 g/mol. The third-order valence-corrected chi connectivity index (χ3v) is 3.89. The first kappa shape index (κ1) is 13.4. The predicted octanol–water partition coefficient (Wildman–Crippen LogP) is 0.925. The van der Waals surface area contributed by atoms with Gasteiger partial charge in [0.25, 0.3) is 0 Å². The molecule has 0 aromatic heterocycles. The lowest BCUT2D eigenvalue weighted by Crippen LogP contribution is -2.31. The minimum absolute atomic E-state index is 0.540. The summed E-state index contributed by atoms with van der Waals surface area (Å²) in [5.74, 6) is 0. The minimum Gasteiger partial charge on any atom is -0.423 e. The first-order valence-electron chi connectivity index (χ1n) is 6.96. The second-order valence-corrected chi connectivity index (χ2v) is 5.34. The first-order chi connectivity index (χ1) is 9.72. The lowest BCUT2D eigenvalue weighted by atomic mass is 9.80. The summed E-state index contributed by atoms with van der Waals surface area (Å²) in [4.78, 5) is 2.42. The highest BCUT2D eigenvalue weighted by Gasteiger charge is 2.16. The van der Waals surface area contributed by atoms with Crippen LogP contribution in [0.5, 0.6) is 0 Å². The van der Waals surface area contributed by atoms with E-state index in [0.717, 1.165) is 26.1 Å². The van der Waals surface area contributed by atoms with Gasteiger partial charge in [-0.2, -0.15) is 0 Å². The molecule has 0 saturated carbocycles. The van der Waals surface area contributed by atoms with Crippen LogP contribution < -0.4 is 5.46 Å². The van der Waals surface area contributed by atoms with Crippen molar-refractivity contribution < 1.29 is 10.0 Å². The summed E-state index contributed by atoms with van der Waals surface area (Å²) < 4.78 is 0. The third-order valence-electron chi connectivity index (χ3n) is 3.89. The molecule has 0 atom stereocenters. The van der Waals surface area contributed by atoms with E-state index in [1.165, 1.54) is 16.7 Å². The number of benzene rings is 2. The van der Waals surface area contributed by atoms with Gasteiger partial charge in [-0.25, -0.2) is 0 Å². The molecule has 0 unspecified atom stereocenters. The van der Waals surface area contributed by atoms with Crippen LogP contribution in [0.1, 0.15) is 16.7 Å². The van der Waals surface area contributed by atoms with E-state index < -0.39 is 7.12 Å². The van der Waals surface area contributed by atoms with Crippen LogP contribution in [0, 0.1) is 0 Å². The molecular formula is C16H18BNO2. The Morgan fingerprint density at radius 1 is 0.950 bits per heavy atom. The van der Waals surface area contributed by atoms with Crippen molar-refractivity contribution in [3.8, 4) is 0 Å². The molecule has 0 fully saturated rings. The van der Waals surface area contributed by atoms with Crippen LogP contribution in [0.3, 0.4) is 0 Å². The van der Waals surface area contributed by atoms with Gasteiger partial charge < -0.3 is 10.0 Å². The molecule has 0 aliphatic carbocycles. The van der Waals surface area contributed by atoms with Crippen LogP contribution in [0.25, 0.3) is 0 Å². The quantitative estimate of drug-likeness (QED) is 0.813. The molecule has 3 nitrogen and oxygen atoms in total. The smallest absolute Gasteiger partial charge is 0.423 e. The molecule has 1 aliphatic rings. The average Bonchev–Trinajstić information content (AvgIpc) is 2.48. The molecule has 2 aromatic carbocycles. The molecule has 0 bridgehead atoms. The Hall–Kier alpha value is -1.62. The average molecular weight is 267 g/mol. The number of nitrogens with zero attached hydrogens (tertiary/aromatic N) is 1. The molecule has 102 valence electrons. The lowest BCUT2D eigenvalue weighted by molar-refractivity contribution is 0.245. The van der Waals surface area contributed by atoms with Gasteiger partial charge in [-0.3, -0.25) is 4.90 Å². The van der Waals surface area contributed by atoms with Crippen LogP contribution in [-0.2, 0) is 19.5 Å². The monoisotopic (exact) mass is 267 g/mol. The summed E-state index contributed by atoms with van der Waals surface area (Å²) in [7, 11) is -1.38. The maximum Gasteiger partial charge on any atom is 0.488 e. The fourth-order valence-corrected chi connectivity index (χ4v) is 2.74. The Balaban J connectivity index is 1.67. The maximum absolute atomic E-state index is 9.09. The van der Waals surface area contributed by atoms with Crippen molar-refractivity contribution in [2.24, 2.45) is 0 Å². The van der Waals surface area contributed by atoms with Crippen LogP contribution in [0.2, 0.25) is 0 Å². The van der Waals surface area contributed by atoms with E-state index in [-0.39, 0.29) is 0 Å². The highest BCUT2D eigenvalue weighted by atomic mass is 16.4. The Kier molecular flexibility index (Phi) is 3.87. The van der Waals surface area contributed by atoms with Crippen molar-refractivity contribution in [2.45, 2.75) is 19.5 Å². The maximum atomic E-state index is 9.09. The molecule has 0 saturated heterocycles. The van der Waals surface area contributed by atoms with E-state index >= 15 is 0 Å². The normalized spacial score (nSPS) is 14.9. The zero-order valence-corrected chi connectivity index (χ0v) is 11.4. The summed E-state index contributed by atoms with van der Waals surface area (Å²) in [6.07, 6.45) is 1.10. The van der Waals surface area contributed by atoms with Crippen molar-refractivity contribution in [3.63, 3.8) is 0 Å². The van der Waals surface area contributed by atoms with Crippen LogP contribution in [0.4, 0.5) is 0 Å². The Bertz CT molecular complexity index is 583. The second kappa shape index (κ2) is 5.79. The van der Waals surface area contributed by atoms with E-state index in [4.69, 9.17) is 10.0 Å². The van der Waals surface area contributed by atoms with Crippen molar-refractivity contribution in [3.05, 3.63) is 65.2 Å². The highest BCUT2D eigenvalue weighted by molar-refractivity contribution is 6.58. The molecule has 2 aromatic rings. The highest BCUT2D eigenvalue weighted by Crippen LogP contribution is 2.19. The summed E-state index contributed by atoms with van der Waals surface area (Å²) in [6.45, 7) is 2.96. The van der Waals surface area contributed by atoms with Gasteiger partial charge in [0.2, 0.25) is 0 Å². The van der Waals surface area contributed by atoms with Crippen molar-refractivity contribution >= 4 is 12.6 Å². The van der Waals surface area contributed by atoms with Crippen molar-refractivity contribution in [1.29, 1.82) is 0 Å². The Labute approximate surface area is 119 Å². The standard InChI is InChI=1S/C16H18BNO2/c19-17(20)16-7-5-13(6-8-16)11-18-10-9-14-3-1-2-4-15(14)12-18/h1-8,19-20H,9-12H2. The van der Waals surface area contributed by atoms with Gasteiger partial charge >= 0.3 is 7.12 Å².